The number of anilines is 1. The van der Waals surface area contributed by atoms with Crippen LogP contribution in [0.3, 0.4) is 0 Å². The van der Waals surface area contributed by atoms with Crippen LogP contribution in [0.15, 0.2) is 66.7 Å². The number of hydrogen-bond acceptors (Lipinski definition) is 3. The van der Waals surface area contributed by atoms with Crippen LogP contribution >= 0.6 is 11.6 Å². The fourth-order valence-corrected chi connectivity index (χ4v) is 4.23. The molecule has 0 unspecified atom stereocenters. The Kier molecular flexibility index (Phi) is 6.93. The van der Waals surface area contributed by atoms with Crippen molar-refractivity contribution in [1.29, 1.82) is 0 Å². The molecule has 5 nitrogen and oxygen atoms in total. The maximum Gasteiger partial charge on any atom is 0.412 e. The monoisotopic (exact) mass is 454 g/mol. The quantitative estimate of drug-likeness (QED) is 0.482. The van der Waals surface area contributed by atoms with Crippen LogP contribution in [0.25, 0.3) is 11.1 Å². The van der Waals surface area contributed by atoms with E-state index >= 15 is 0 Å². The molecule has 1 aliphatic heterocycles. The first-order valence-electron chi connectivity index (χ1n) is 10.5. The van der Waals surface area contributed by atoms with Crippen LogP contribution < -0.4 is 15.0 Å². The first-order valence-corrected chi connectivity index (χ1v) is 10.9. The second-order valence-electron chi connectivity index (χ2n) is 7.71. The molecule has 1 heterocycles. The zero-order valence-electron chi connectivity index (χ0n) is 17.4. The number of hydrogen-bond donors (Lipinski definition) is 2. The van der Waals surface area contributed by atoms with Gasteiger partial charge in [-0.1, -0.05) is 48.0 Å². The van der Waals surface area contributed by atoms with E-state index in [4.69, 9.17) is 16.3 Å². The fourth-order valence-electron chi connectivity index (χ4n) is 3.99. The highest BCUT2D eigenvalue weighted by atomic mass is 35.5. The number of amides is 1. The number of halogens is 2. The molecule has 2 N–H and O–H groups in total. The minimum atomic E-state index is -1.06. The highest BCUT2D eigenvalue weighted by Gasteiger charge is 2.29. The smallest absolute Gasteiger partial charge is 0.412 e. The molecule has 0 saturated carbocycles. The van der Waals surface area contributed by atoms with Gasteiger partial charge in [0.1, 0.15) is 18.2 Å². The van der Waals surface area contributed by atoms with Gasteiger partial charge < -0.3 is 15.2 Å². The van der Waals surface area contributed by atoms with Crippen LogP contribution in [0.2, 0.25) is 5.02 Å². The Morgan fingerprint density at radius 1 is 1.09 bits per heavy atom. The van der Waals surface area contributed by atoms with Crippen molar-refractivity contribution in [2.45, 2.75) is 25.5 Å². The van der Waals surface area contributed by atoms with Crippen LogP contribution in [0.4, 0.5) is 14.9 Å². The summed E-state index contributed by atoms with van der Waals surface area (Å²) in [6.07, 6.45) is 0.324. The first-order chi connectivity index (χ1) is 15.5. The van der Waals surface area contributed by atoms with Crippen molar-refractivity contribution in [3.63, 3.8) is 0 Å². The van der Waals surface area contributed by atoms with Crippen molar-refractivity contribution in [3.05, 3.63) is 83.1 Å². The summed E-state index contributed by atoms with van der Waals surface area (Å²) >= 11 is 6.47. The van der Waals surface area contributed by atoms with Gasteiger partial charge >= 0.3 is 6.09 Å². The number of ether oxygens (including phenoxy) is 1. The van der Waals surface area contributed by atoms with Crippen molar-refractivity contribution in [3.8, 4) is 16.9 Å². The van der Waals surface area contributed by atoms with Crippen molar-refractivity contribution in [2.75, 3.05) is 18.0 Å². The molecule has 0 atom stereocenters. The van der Waals surface area contributed by atoms with E-state index in [1.165, 1.54) is 23.1 Å². The van der Waals surface area contributed by atoms with Crippen LogP contribution in [-0.4, -0.2) is 30.3 Å². The summed E-state index contributed by atoms with van der Waals surface area (Å²) < 4.78 is 20.0. The second kappa shape index (κ2) is 10.0. The third-order valence-electron chi connectivity index (χ3n) is 5.58. The normalized spacial score (nSPS) is 14.2. The fraction of sp³-hybridized carbons (Fsp3) is 0.240. The molecule has 7 heteroatoms. The van der Waals surface area contributed by atoms with Gasteiger partial charge in [0.2, 0.25) is 0 Å². The Morgan fingerprint density at radius 2 is 1.84 bits per heavy atom. The summed E-state index contributed by atoms with van der Waals surface area (Å²) in [4.78, 5) is 13.5. The topological polar surface area (TPSA) is 61.8 Å². The van der Waals surface area contributed by atoms with Gasteiger partial charge in [-0.15, -0.1) is 0 Å². The molecule has 0 bridgehead atoms. The predicted octanol–water partition coefficient (Wildman–Crippen LogP) is 5.96. The van der Waals surface area contributed by atoms with E-state index in [0.717, 1.165) is 18.7 Å². The number of nitrogens with one attached hydrogen (secondary N) is 1. The van der Waals surface area contributed by atoms with E-state index in [0.29, 0.717) is 47.0 Å². The molecule has 4 rings (SSSR count). The van der Waals surface area contributed by atoms with Gasteiger partial charge in [0, 0.05) is 11.6 Å². The molecule has 0 aromatic heterocycles. The minimum Gasteiger partial charge on any atom is -0.487 e. The average molecular weight is 455 g/mol. The standard InChI is InChI=1S/C25H24ClFN2O3/c26-22-14-18(6-9-24(22)32-16-17-4-2-1-3-5-17)21-15-19(27)7-8-23(21)29(25(30)31)20-10-12-28-13-11-20/h1-9,14-15,20,28H,10-13,16H2,(H,30,31). The molecule has 166 valence electrons. The number of carboxylic acid groups (broad SMARTS) is 1. The Hall–Kier alpha value is -3.09. The SMILES string of the molecule is O=C(O)N(c1ccc(F)cc1-c1ccc(OCc2ccccc2)c(Cl)c1)C1CCNCC1. The van der Waals surface area contributed by atoms with Crippen LogP contribution in [0, 0.1) is 5.82 Å². The third-order valence-corrected chi connectivity index (χ3v) is 5.87. The van der Waals surface area contributed by atoms with Gasteiger partial charge in [0.25, 0.3) is 0 Å². The Labute approximate surface area is 191 Å². The zero-order chi connectivity index (χ0) is 22.5. The van der Waals surface area contributed by atoms with E-state index < -0.39 is 11.9 Å². The largest absolute Gasteiger partial charge is 0.487 e. The molecular weight excluding hydrogens is 431 g/mol. The summed E-state index contributed by atoms with van der Waals surface area (Å²) in [5.74, 6) is 0.0607. The molecule has 0 spiro atoms. The van der Waals surface area contributed by atoms with Gasteiger partial charge in [0.05, 0.1) is 10.7 Å². The summed E-state index contributed by atoms with van der Waals surface area (Å²) in [6, 6.07) is 18.9. The molecule has 0 aliphatic carbocycles. The molecule has 0 radical (unpaired) electrons. The number of carbonyl (C=O) groups is 1. The van der Waals surface area contributed by atoms with Crippen molar-refractivity contribution in [1.82, 2.24) is 5.32 Å². The van der Waals surface area contributed by atoms with Crippen molar-refractivity contribution < 1.29 is 19.0 Å². The maximum atomic E-state index is 14.2. The van der Waals surface area contributed by atoms with E-state index in [1.54, 1.807) is 18.2 Å². The number of piperidine rings is 1. The van der Waals surface area contributed by atoms with Crippen molar-refractivity contribution in [2.24, 2.45) is 0 Å². The molecule has 3 aromatic carbocycles. The van der Waals surface area contributed by atoms with E-state index in [-0.39, 0.29) is 6.04 Å². The van der Waals surface area contributed by atoms with E-state index in [9.17, 15) is 14.3 Å². The van der Waals surface area contributed by atoms with Gasteiger partial charge in [-0.05, 0) is 67.4 Å². The summed E-state index contributed by atoms with van der Waals surface area (Å²) in [5, 5.41) is 13.6. The zero-order valence-corrected chi connectivity index (χ0v) is 18.2. The Morgan fingerprint density at radius 3 is 2.53 bits per heavy atom. The molecule has 1 fully saturated rings. The van der Waals surface area contributed by atoms with Gasteiger partial charge in [0.15, 0.2) is 0 Å². The highest BCUT2D eigenvalue weighted by molar-refractivity contribution is 6.32. The summed E-state index contributed by atoms with van der Waals surface area (Å²) in [5.41, 5.74) is 2.55. The summed E-state index contributed by atoms with van der Waals surface area (Å²) in [6.45, 7) is 1.85. The lowest BCUT2D eigenvalue weighted by atomic mass is 9.99. The highest BCUT2D eigenvalue weighted by Crippen LogP contribution is 2.37. The molecule has 3 aromatic rings. The number of nitrogens with zero attached hydrogens (tertiary/aromatic N) is 1. The predicted molar refractivity (Wildman–Crippen MR) is 124 cm³/mol. The molecule has 32 heavy (non-hydrogen) atoms. The van der Waals surface area contributed by atoms with Crippen molar-refractivity contribution >= 4 is 23.4 Å². The van der Waals surface area contributed by atoms with E-state index in [2.05, 4.69) is 5.32 Å². The lowest BCUT2D eigenvalue weighted by Gasteiger charge is -2.33. The van der Waals surface area contributed by atoms with Gasteiger partial charge in [-0.25, -0.2) is 9.18 Å². The van der Waals surface area contributed by atoms with Gasteiger partial charge in [-0.3, -0.25) is 4.90 Å². The van der Waals surface area contributed by atoms with Crippen LogP contribution in [0.5, 0.6) is 5.75 Å². The average Bonchev–Trinajstić information content (AvgIpc) is 2.80. The lowest BCUT2D eigenvalue weighted by Crippen LogP contribution is -2.46. The Bertz CT molecular complexity index is 1090. The maximum absolute atomic E-state index is 14.2. The van der Waals surface area contributed by atoms with E-state index in [1.807, 2.05) is 30.3 Å². The van der Waals surface area contributed by atoms with Crippen LogP contribution in [-0.2, 0) is 6.61 Å². The molecule has 1 aliphatic rings. The molecule has 1 amide bonds. The second-order valence-corrected chi connectivity index (χ2v) is 8.12. The number of benzene rings is 3. The Balaban J connectivity index is 1.65. The minimum absolute atomic E-state index is 0.179. The summed E-state index contributed by atoms with van der Waals surface area (Å²) in [7, 11) is 0. The third kappa shape index (κ3) is 5.03. The van der Waals surface area contributed by atoms with Crippen LogP contribution in [0.1, 0.15) is 18.4 Å². The lowest BCUT2D eigenvalue weighted by molar-refractivity contribution is 0.197. The van der Waals surface area contributed by atoms with Gasteiger partial charge in [-0.2, -0.15) is 0 Å². The first kappa shape index (κ1) is 22.1. The molecular formula is C25H24ClFN2O3. The molecule has 1 saturated heterocycles. The number of rotatable bonds is 6.